The molecule has 0 aliphatic rings. The minimum atomic E-state index is -0.899. The average Bonchev–Trinajstić information content (AvgIpc) is 2.13. The number of hydrogen-bond donors (Lipinski definition) is 2. The largest absolute Gasteiger partial charge is 0.387 e. The van der Waals surface area contributed by atoms with E-state index in [0.717, 1.165) is 0 Å². The van der Waals surface area contributed by atoms with Crippen molar-refractivity contribution < 1.29 is 14.6 Å². The fourth-order valence-corrected chi connectivity index (χ4v) is 1.76. The third-order valence-electron chi connectivity index (χ3n) is 2.31. The number of nitrogens with one attached hydrogen (secondary N) is 1. The van der Waals surface area contributed by atoms with Crippen LogP contribution in [0.4, 0.5) is 0 Å². The normalized spacial score (nSPS) is 16.6. The summed E-state index contributed by atoms with van der Waals surface area (Å²) in [6.45, 7) is 5.03. The molecule has 0 radical (unpaired) electrons. The molecule has 0 aromatic rings. The van der Waals surface area contributed by atoms with Gasteiger partial charge in [-0.1, -0.05) is 6.92 Å². The maximum atomic E-state index is 11.6. The van der Waals surface area contributed by atoms with E-state index in [-0.39, 0.29) is 18.4 Å². The summed E-state index contributed by atoms with van der Waals surface area (Å²) in [7, 11) is 5.39. The number of carbonyl (C=O) groups is 1. The van der Waals surface area contributed by atoms with Crippen molar-refractivity contribution in [1.29, 1.82) is 0 Å². The molecule has 17 heavy (non-hydrogen) atoms. The third kappa shape index (κ3) is 9.09. The van der Waals surface area contributed by atoms with E-state index in [1.807, 2.05) is 25.9 Å². The summed E-state index contributed by atoms with van der Waals surface area (Å²) >= 11 is 0. The van der Waals surface area contributed by atoms with Gasteiger partial charge in [0.25, 0.3) is 0 Å². The molecule has 5 nitrogen and oxygen atoms in total. The Morgan fingerprint density at radius 3 is 2.59 bits per heavy atom. The zero-order valence-electron chi connectivity index (χ0n) is 11.6. The first-order valence-electron chi connectivity index (χ1n) is 5.89. The number of ether oxygens (including phenoxy) is 1. The number of nitrogens with zero attached hydrogens (tertiary/aromatic N) is 1. The Labute approximate surface area is 104 Å². The van der Waals surface area contributed by atoms with Crippen LogP contribution in [0.15, 0.2) is 0 Å². The monoisotopic (exact) mass is 246 g/mol. The Kier molecular flexibility index (Phi) is 7.34. The molecule has 0 bridgehead atoms. The number of rotatable bonds is 8. The van der Waals surface area contributed by atoms with Crippen LogP contribution >= 0.6 is 0 Å². The highest BCUT2D eigenvalue weighted by Crippen LogP contribution is 2.05. The maximum absolute atomic E-state index is 11.6. The van der Waals surface area contributed by atoms with Crippen LogP contribution in [0.3, 0.4) is 0 Å². The predicted octanol–water partition coefficient (Wildman–Crippen LogP) is 0.0878. The van der Waals surface area contributed by atoms with E-state index >= 15 is 0 Å². The molecule has 2 N–H and O–H groups in total. The smallest absolute Gasteiger partial charge is 0.220 e. The Hall–Kier alpha value is -0.650. The molecule has 2 unspecified atom stereocenters. The molecule has 102 valence electrons. The molecule has 0 spiro atoms. The lowest BCUT2D eigenvalue weighted by Gasteiger charge is -2.27. The summed E-state index contributed by atoms with van der Waals surface area (Å²) in [5.74, 6) is 0.146. The van der Waals surface area contributed by atoms with Gasteiger partial charge in [-0.3, -0.25) is 4.79 Å². The summed E-state index contributed by atoms with van der Waals surface area (Å²) in [6, 6.07) is 0. The van der Waals surface area contributed by atoms with Gasteiger partial charge < -0.3 is 20.1 Å². The van der Waals surface area contributed by atoms with E-state index < -0.39 is 5.60 Å². The van der Waals surface area contributed by atoms with Crippen molar-refractivity contribution in [2.45, 2.75) is 25.9 Å². The summed E-state index contributed by atoms with van der Waals surface area (Å²) < 4.78 is 4.97. The quantitative estimate of drug-likeness (QED) is 0.637. The molecule has 0 aromatic heterocycles. The molecular weight excluding hydrogens is 220 g/mol. The first kappa shape index (κ1) is 16.4. The first-order valence-corrected chi connectivity index (χ1v) is 5.89. The average molecular weight is 246 g/mol. The molecule has 0 aliphatic carbocycles. The summed E-state index contributed by atoms with van der Waals surface area (Å²) in [5, 5.41) is 12.7. The number of carbonyl (C=O) groups excluding carboxylic acids is 1. The highest BCUT2D eigenvalue weighted by Gasteiger charge is 2.22. The van der Waals surface area contributed by atoms with Crippen molar-refractivity contribution >= 4 is 5.91 Å². The highest BCUT2D eigenvalue weighted by molar-refractivity contribution is 5.76. The molecule has 1 amide bonds. The number of aliphatic hydroxyl groups is 1. The third-order valence-corrected chi connectivity index (χ3v) is 2.31. The maximum Gasteiger partial charge on any atom is 0.220 e. The molecule has 0 saturated heterocycles. The van der Waals surface area contributed by atoms with Gasteiger partial charge in [0.2, 0.25) is 5.91 Å². The molecule has 0 fully saturated rings. The van der Waals surface area contributed by atoms with Crippen molar-refractivity contribution in [2.75, 3.05) is 40.9 Å². The molecule has 0 saturated carbocycles. The van der Waals surface area contributed by atoms with Crippen LogP contribution in [0.2, 0.25) is 0 Å². The van der Waals surface area contributed by atoms with Gasteiger partial charge in [0.1, 0.15) is 0 Å². The van der Waals surface area contributed by atoms with Gasteiger partial charge in [0.05, 0.1) is 5.60 Å². The minimum absolute atomic E-state index is 0.0476. The molecular formula is C12H26N2O3. The SMILES string of the molecule is COCC(C)CC(=O)NCC(C)(O)CN(C)C. The highest BCUT2D eigenvalue weighted by atomic mass is 16.5. The molecule has 0 aromatic carbocycles. The van der Waals surface area contributed by atoms with Crippen LogP contribution in [0, 0.1) is 5.92 Å². The van der Waals surface area contributed by atoms with Crippen molar-refractivity contribution in [3.63, 3.8) is 0 Å². The van der Waals surface area contributed by atoms with E-state index in [2.05, 4.69) is 5.32 Å². The Bertz CT molecular complexity index is 230. The second-order valence-electron chi connectivity index (χ2n) is 5.28. The van der Waals surface area contributed by atoms with Crippen LogP contribution in [0.5, 0.6) is 0 Å². The molecule has 2 atom stereocenters. The van der Waals surface area contributed by atoms with Gasteiger partial charge in [-0.15, -0.1) is 0 Å². The van der Waals surface area contributed by atoms with Crippen molar-refractivity contribution in [1.82, 2.24) is 10.2 Å². The van der Waals surface area contributed by atoms with E-state index in [9.17, 15) is 9.90 Å². The van der Waals surface area contributed by atoms with E-state index in [1.165, 1.54) is 0 Å². The van der Waals surface area contributed by atoms with Crippen LogP contribution in [-0.2, 0) is 9.53 Å². The number of methoxy groups -OCH3 is 1. The fourth-order valence-electron chi connectivity index (χ4n) is 1.76. The summed E-state index contributed by atoms with van der Waals surface area (Å²) in [5.41, 5.74) is -0.899. The Balaban J connectivity index is 3.90. The predicted molar refractivity (Wildman–Crippen MR) is 67.8 cm³/mol. The lowest BCUT2D eigenvalue weighted by molar-refractivity contribution is -0.123. The van der Waals surface area contributed by atoms with Gasteiger partial charge in [-0.05, 0) is 26.9 Å². The number of likely N-dealkylation sites (N-methyl/N-ethyl adjacent to an activating group) is 1. The zero-order valence-corrected chi connectivity index (χ0v) is 11.6. The lowest BCUT2D eigenvalue weighted by Crippen LogP contribution is -2.47. The van der Waals surface area contributed by atoms with Gasteiger partial charge in [0, 0.05) is 33.2 Å². The molecule has 0 heterocycles. The second-order valence-corrected chi connectivity index (χ2v) is 5.28. The second kappa shape index (κ2) is 7.63. The van der Waals surface area contributed by atoms with Gasteiger partial charge in [-0.2, -0.15) is 0 Å². The van der Waals surface area contributed by atoms with Gasteiger partial charge in [0.15, 0.2) is 0 Å². The van der Waals surface area contributed by atoms with Crippen LogP contribution < -0.4 is 5.32 Å². The number of hydrogen-bond acceptors (Lipinski definition) is 4. The van der Waals surface area contributed by atoms with Crippen molar-refractivity contribution in [2.24, 2.45) is 5.92 Å². The van der Waals surface area contributed by atoms with E-state index in [4.69, 9.17) is 4.74 Å². The van der Waals surface area contributed by atoms with Crippen molar-refractivity contribution in [3.8, 4) is 0 Å². The Morgan fingerprint density at radius 1 is 1.53 bits per heavy atom. The Morgan fingerprint density at radius 2 is 2.12 bits per heavy atom. The van der Waals surface area contributed by atoms with E-state index in [0.29, 0.717) is 19.6 Å². The van der Waals surface area contributed by atoms with Gasteiger partial charge in [-0.25, -0.2) is 0 Å². The summed E-state index contributed by atoms with van der Waals surface area (Å²) in [4.78, 5) is 13.5. The van der Waals surface area contributed by atoms with E-state index in [1.54, 1.807) is 14.0 Å². The molecule has 5 heteroatoms. The van der Waals surface area contributed by atoms with Crippen molar-refractivity contribution in [3.05, 3.63) is 0 Å². The molecule has 0 aliphatic heterocycles. The van der Waals surface area contributed by atoms with Crippen LogP contribution in [-0.4, -0.2) is 62.4 Å². The van der Waals surface area contributed by atoms with Crippen LogP contribution in [0.1, 0.15) is 20.3 Å². The topological polar surface area (TPSA) is 61.8 Å². The van der Waals surface area contributed by atoms with Crippen LogP contribution in [0.25, 0.3) is 0 Å². The first-order chi connectivity index (χ1) is 7.76. The number of amides is 1. The summed E-state index contributed by atoms with van der Waals surface area (Å²) in [6.07, 6.45) is 0.423. The standard InChI is InChI=1S/C12H26N2O3/c1-10(7-17-5)6-11(15)13-8-12(2,16)9-14(3)4/h10,16H,6-9H2,1-5H3,(H,13,15). The fraction of sp³-hybridized carbons (Fsp3) is 0.917. The lowest BCUT2D eigenvalue weighted by atomic mass is 10.1. The zero-order chi connectivity index (χ0) is 13.5. The molecule has 0 rings (SSSR count). The van der Waals surface area contributed by atoms with Gasteiger partial charge >= 0.3 is 0 Å². The minimum Gasteiger partial charge on any atom is -0.387 e.